The molecule has 3 rings (SSSR count). The second kappa shape index (κ2) is 8.52. The minimum absolute atomic E-state index is 0.228. The summed E-state index contributed by atoms with van der Waals surface area (Å²) in [4.78, 5) is 27.6. The molecule has 0 spiro atoms. The van der Waals surface area contributed by atoms with Crippen molar-refractivity contribution in [3.63, 3.8) is 0 Å². The van der Waals surface area contributed by atoms with Crippen LogP contribution in [0.5, 0.6) is 5.75 Å². The number of ether oxygens (including phenoxy) is 1. The smallest absolute Gasteiger partial charge is 0.278 e. The van der Waals surface area contributed by atoms with Crippen molar-refractivity contribution in [1.82, 2.24) is 4.90 Å². The summed E-state index contributed by atoms with van der Waals surface area (Å²) in [6.07, 6.45) is 0.913. The highest BCUT2D eigenvalue weighted by atomic mass is 16.5. The molecule has 0 radical (unpaired) electrons. The van der Waals surface area contributed by atoms with Gasteiger partial charge in [0.05, 0.1) is 12.2 Å². The lowest BCUT2D eigenvalue weighted by molar-refractivity contribution is -0.138. The number of nitrogens with one attached hydrogen (secondary N) is 1. The van der Waals surface area contributed by atoms with E-state index in [1.807, 2.05) is 77.1 Å². The van der Waals surface area contributed by atoms with Crippen LogP contribution in [0, 0.1) is 13.8 Å². The van der Waals surface area contributed by atoms with Crippen LogP contribution in [0.4, 0.5) is 5.69 Å². The molecule has 0 saturated carbocycles. The van der Waals surface area contributed by atoms with Gasteiger partial charge in [0.15, 0.2) is 0 Å². The Morgan fingerprint density at radius 3 is 2.45 bits per heavy atom. The van der Waals surface area contributed by atoms with Crippen LogP contribution in [0.15, 0.2) is 48.2 Å². The highest BCUT2D eigenvalue weighted by Gasteiger charge is 2.41. The molecule has 0 unspecified atom stereocenters. The third-order valence-electron chi connectivity index (χ3n) is 4.86. The second-order valence-electron chi connectivity index (χ2n) is 7.64. The number of amides is 2. The zero-order valence-electron chi connectivity index (χ0n) is 17.7. The maximum Gasteiger partial charge on any atom is 0.278 e. The molecule has 1 heterocycles. The van der Waals surface area contributed by atoms with Crippen LogP contribution in [0.1, 0.15) is 43.9 Å². The van der Waals surface area contributed by atoms with Crippen LogP contribution in [0.25, 0.3) is 5.57 Å². The number of rotatable bonds is 7. The number of hydrogen-bond acceptors (Lipinski definition) is 4. The Kier molecular flexibility index (Phi) is 6.06. The molecular weight excluding hydrogens is 364 g/mol. The number of carbonyl (C=O) groups is 2. The topological polar surface area (TPSA) is 58.6 Å². The third-order valence-corrected chi connectivity index (χ3v) is 4.86. The minimum atomic E-state index is -0.306. The van der Waals surface area contributed by atoms with Crippen LogP contribution in [-0.4, -0.2) is 29.4 Å². The Balaban J connectivity index is 2.06. The van der Waals surface area contributed by atoms with Crippen molar-refractivity contribution in [2.75, 3.05) is 11.9 Å². The lowest BCUT2D eigenvalue weighted by atomic mass is 9.97. The first-order valence-electron chi connectivity index (χ1n) is 10.0. The predicted molar refractivity (Wildman–Crippen MR) is 116 cm³/mol. The van der Waals surface area contributed by atoms with Gasteiger partial charge in [0.2, 0.25) is 0 Å². The van der Waals surface area contributed by atoms with Crippen LogP contribution < -0.4 is 10.1 Å². The Bertz CT molecular complexity index is 976. The Labute approximate surface area is 172 Å². The second-order valence-corrected chi connectivity index (χ2v) is 7.64. The molecule has 1 N–H and O–H groups in total. The van der Waals surface area contributed by atoms with Crippen molar-refractivity contribution in [2.24, 2.45) is 0 Å². The molecule has 2 aromatic rings. The van der Waals surface area contributed by atoms with Gasteiger partial charge in [-0.25, -0.2) is 0 Å². The zero-order valence-corrected chi connectivity index (χ0v) is 17.7. The van der Waals surface area contributed by atoms with E-state index in [4.69, 9.17) is 4.74 Å². The normalized spacial score (nSPS) is 14.2. The zero-order chi connectivity index (χ0) is 21.1. The SMILES string of the molecule is CCCOc1cccc(NC2=C(c3ccc(C)cc3C)C(=O)N(C(C)C)C2=O)c1. The first-order valence-corrected chi connectivity index (χ1v) is 10.0. The average molecular weight is 392 g/mol. The summed E-state index contributed by atoms with van der Waals surface area (Å²) in [5.41, 5.74) is 4.29. The van der Waals surface area contributed by atoms with Crippen molar-refractivity contribution >= 4 is 23.1 Å². The number of anilines is 1. The van der Waals surface area contributed by atoms with Crippen molar-refractivity contribution in [2.45, 2.75) is 47.1 Å². The molecule has 5 nitrogen and oxygen atoms in total. The number of carbonyl (C=O) groups excluding carboxylic acids is 2. The largest absolute Gasteiger partial charge is 0.494 e. The molecule has 0 bridgehead atoms. The summed E-state index contributed by atoms with van der Waals surface area (Å²) < 4.78 is 5.69. The fraction of sp³-hybridized carbons (Fsp3) is 0.333. The molecule has 5 heteroatoms. The van der Waals surface area contributed by atoms with Gasteiger partial charge in [-0.3, -0.25) is 14.5 Å². The van der Waals surface area contributed by atoms with Crippen LogP contribution >= 0.6 is 0 Å². The van der Waals surface area contributed by atoms with E-state index in [9.17, 15) is 9.59 Å². The Morgan fingerprint density at radius 2 is 1.79 bits per heavy atom. The van der Waals surface area contributed by atoms with E-state index < -0.39 is 0 Å². The van der Waals surface area contributed by atoms with E-state index in [-0.39, 0.29) is 17.9 Å². The van der Waals surface area contributed by atoms with E-state index in [1.165, 1.54) is 4.90 Å². The molecule has 0 aliphatic carbocycles. The number of hydrogen-bond donors (Lipinski definition) is 1. The summed E-state index contributed by atoms with van der Waals surface area (Å²) in [5, 5.41) is 3.20. The van der Waals surface area contributed by atoms with E-state index >= 15 is 0 Å². The lowest BCUT2D eigenvalue weighted by Gasteiger charge is -2.19. The van der Waals surface area contributed by atoms with E-state index in [0.717, 1.165) is 28.9 Å². The highest BCUT2D eigenvalue weighted by Crippen LogP contribution is 2.34. The molecule has 0 atom stereocenters. The summed E-state index contributed by atoms with van der Waals surface area (Å²) >= 11 is 0. The highest BCUT2D eigenvalue weighted by molar-refractivity contribution is 6.36. The van der Waals surface area contributed by atoms with Gasteiger partial charge in [0.1, 0.15) is 11.4 Å². The number of aryl methyl sites for hydroxylation is 2. The van der Waals surface area contributed by atoms with Gasteiger partial charge in [-0.2, -0.15) is 0 Å². The molecule has 152 valence electrons. The summed E-state index contributed by atoms with van der Waals surface area (Å²) in [6.45, 7) is 10.3. The maximum absolute atomic E-state index is 13.2. The van der Waals surface area contributed by atoms with Crippen LogP contribution in [0.2, 0.25) is 0 Å². The molecule has 0 fully saturated rings. The predicted octanol–water partition coefficient (Wildman–Crippen LogP) is 4.69. The number of benzene rings is 2. The third kappa shape index (κ3) is 4.19. The van der Waals surface area contributed by atoms with Gasteiger partial charge in [0.25, 0.3) is 11.8 Å². The van der Waals surface area contributed by atoms with Crippen molar-refractivity contribution in [1.29, 1.82) is 0 Å². The number of imide groups is 1. The quantitative estimate of drug-likeness (QED) is 0.695. The van der Waals surface area contributed by atoms with Crippen molar-refractivity contribution < 1.29 is 14.3 Å². The number of nitrogens with zero attached hydrogens (tertiary/aromatic N) is 1. The standard InChI is InChI=1S/C24H28N2O3/c1-6-12-29-19-9-7-8-18(14-19)25-22-21(20-11-10-16(4)13-17(20)5)23(27)26(15(2)3)24(22)28/h7-11,13-15,25H,6,12H2,1-5H3. The van der Waals surface area contributed by atoms with Crippen LogP contribution in [0.3, 0.4) is 0 Å². The van der Waals surface area contributed by atoms with E-state index in [1.54, 1.807) is 0 Å². The van der Waals surface area contributed by atoms with Crippen molar-refractivity contribution in [3.8, 4) is 5.75 Å². The Morgan fingerprint density at radius 1 is 1.03 bits per heavy atom. The summed E-state index contributed by atoms with van der Waals surface area (Å²) in [6, 6.07) is 13.1. The molecule has 0 aromatic heterocycles. The van der Waals surface area contributed by atoms with Gasteiger partial charge in [0, 0.05) is 17.8 Å². The molecule has 29 heavy (non-hydrogen) atoms. The van der Waals surface area contributed by atoms with Gasteiger partial charge in [-0.15, -0.1) is 0 Å². The molecule has 1 aliphatic heterocycles. The minimum Gasteiger partial charge on any atom is -0.494 e. The monoisotopic (exact) mass is 392 g/mol. The fourth-order valence-corrected chi connectivity index (χ4v) is 3.50. The average Bonchev–Trinajstić information content (AvgIpc) is 2.90. The maximum atomic E-state index is 13.2. The molecule has 2 amide bonds. The first kappa shape index (κ1) is 20.6. The molecular formula is C24H28N2O3. The fourth-order valence-electron chi connectivity index (χ4n) is 3.50. The van der Waals surface area contributed by atoms with Gasteiger partial charge < -0.3 is 10.1 Å². The lowest BCUT2D eigenvalue weighted by Crippen LogP contribution is -2.38. The van der Waals surface area contributed by atoms with Crippen molar-refractivity contribution in [3.05, 3.63) is 64.9 Å². The molecule has 2 aromatic carbocycles. The summed E-state index contributed by atoms with van der Waals surface area (Å²) in [5.74, 6) is 0.153. The molecule has 1 aliphatic rings. The van der Waals surface area contributed by atoms with Gasteiger partial charge >= 0.3 is 0 Å². The van der Waals surface area contributed by atoms with Crippen LogP contribution in [-0.2, 0) is 9.59 Å². The van der Waals surface area contributed by atoms with E-state index in [2.05, 4.69) is 5.32 Å². The van der Waals surface area contributed by atoms with Gasteiger partial charge in [-0.05, 0) is 57.4 Å². The van der Waals surface area contributed by atoms with E-state index in [0.29, 0.717) is 23.6 Å². The Hall–Kier alpha value is -3.08. The summed E-state index contributed by atoms with van der Waals surface area (Å²) in [7, 11) is 0. The van der Waals surface area contributed by atoms with Gasteiger partial charge in [-0.1, -0.05) is 36.8 Å². The first-order chi connectivity index (χ1) is 13.8. The molecule has 0 saturated heterocycles.